The van der Waals surface area contributed by atoms with Crippen LogP contribution in [0.1, 0.15) is 45.2 Å². The summed E-state index contributed by atoms with van der Waals surface area (Å²) in [4.78, 5) is 12.3. The van der Waals surface area contributed by atoms with Gasteiger partial charge >= 0.3 is 0 Å². The first-order chi connectivity index (χ1) is 10.5. The molecule has 0 spiro atoms. The Bertz CT molecular complexity index is 462. The number of amides is 1. The highest BCUT2D eigenvalue weighted by Gasteiger charge is 2.28. The first kappa shape index (κ1) is 17.0. The van der Waals surface area contributed by atoms with Gasteiger partial charge in [-0.3, -0.25) is 4.79 Å². The van der Waals surface area contributed by atoms with Gasteiger partial charge in [0.1, 0.15) is 6.61 Å². The van der Waals surface area contributed by atoms with E-state index in [1.54, 1.807) is 0 Å². The number of piperidine rings is 1. The van der Waals surface area contributed by atoms with E-state index in [0.29, 0.717) is 0 Å². The van der Waals surface area contributed by atoms with Crippen LogP contribution in [-0.4, -0.2) is 31.7 Å². The van der Waals surface area contributed by atoms with Gasteiger partial charge in [0.25, 0.3) is 0 Å². The van der Waals surface area contributed by atoms with Crippen molar-refractivity contribution in [2.24, 2.45) is 5.41 Å². The first-order valence-corrected chi connectivity index (χ1v) is 8.13. The summed E-state index contributed by atoms with van der Waals surface area (Å²) < 4.78 is 5.74. The summed E-state index contributed by atoms with van der Waals surface area (Å²) in [6.45, 7) is 8.50. The van der Waals surface area contributed by atoms with Gasteiger partial charge in [-0.1, -0.05) is 51.1 Å². The highest BCUT2D eigenvalue weighted by Crippen LogP contribution is 2.32. The first-order valence-electron chi connectivity index (χ1n) is 8.13. The van der Waals surface area contributed by atoms with E-state index in [1.807, 2.05) is 18.2 Å². The zero-order valence-corrected chi connectivity index (χ0v) is 13.9. The molecule has 1 fully saturated rings. The van der Waals surface area contributed by atoms with E-state index < -0.39 is 0 Å². The quantitative estimate of drug-likeness (QED) is 0.879. The van der Waals surface area contributed by atoms with Gasteiger partial charge in [0, 0.05) is 0 Å². The number of nitrogens with one attached hydrogen (secondary N) is 2. The zero-order chi connectivity index (χ0) is 16.0. The fraction of sp³-hybridized carbons (Fsp3) is 0.611. The van der Waals surface area contributed by atoms with Gasteiger partial charge in [-0.25, -0.2) is 0 Å². The Morgan fingerprint density at radius 2 is 1.91 bits per heavy atom. The fourth-order valence-electron chi connectivity index (χ4n) is 2.80. The summed E-state index contributed by atoms with van der Waals surface area (Å²) in [7, 11) is 0. The summed E-state index contributed by atoms with van der Waals surface area (Å²) in [6, 6.07) is 10.1. The molecule has 0 aliphatic carbocycles. The van der Waals surface area contributed by atoms with E-state index in [9.17, 15) is 4.79 Å². The lowest BCUT2D eigenvalue weighted by molar-refractivity contribution is -0.129. The van der Waals surface area contributed by atoms with Gasteiger partial charge in [-0.05, 0) is 36.9 Å². The van der Waals surface area contributed by atoms with E-state index in [-0.39, 0.29) is 30.1 Å². The lowest BCUT2D eigenvalue weighted by Crippen LogP contribution is -2.40. The molecule has 1 aliphatic heterocycles. The molecule has 22 heavy (non-hydrogen) atoms. The molecule has 1 unspecified atom stereocenters. The third kappa shape index (κ3) is 5.11. The van der Waals surface area contributed by atoms with Crippen LogP contribution in [0.2, 0.25) is 0 Å². The van der Waals surface area contributed by atoms with Gasteiger partial charge in [0.2, 0.25) is 5.91 Å². The van der Waals surface area contributed by atoms with Crippen LogP contribution in [0.5, 0.6) is 0 Å². The summed E-state index contributed by atoms with van der Waals surface area (Å²) in [5, 5.41) is 6.43. The summed E-state index contributed by atoms with van der Waals surface area (Å²) >= 11 is 0. The fourth-order valence-corrected chi connectivity index (χ4v) is 2.80. The second-order valence-electron chi connectivity index (χ2n) is 7.04. The van der Waals surface area contributed by atoms with Crippen molar-refractivity contribution < 1.29 is 9.53 Å². The molecule has 0 aromatic heterocycles. The van der Waals surface area contributed by atoms with E-state index >= 15 is 0 Å². The number of benzene rings is 1. The largest absolute Gasteiger partial charge is 0.368 e. The monoisotopic (exact) mass is 304 g/mol. The van der Waals surface area contributed by atoms with Gasteiger partial charge in [0.05, 0.1) is 12.1 Å². The highest BCUT2D eigenvalue weighted by molar-refractivity contribution is 5.77. The average molecular weight is 304 g/mol. The maximum absolute atomic E-state index is 12.3. The van der Waals surface area contributed by atoms with Gasteiger partial charge in [0.15, 0.2) is 0 Å². The standard InChI is InChI=1S/C18H28N2O2/c1-18(2,3)17(14-7-5-4-6-8-14)20-16(21)13-22-15-9-11-19-12-10-15/h4-8,15,17,19H,9-13H2,1-3H3,(H,20,21). The van der Waals surface area contributed by atoms with E-state index in [1.165, 1.54) is 0 Å². The summed E-state index contributed by atoms with van der Waals surface area (Å²) in [5.74, 6) is -0.0395. The average Bonchev–Trinajstić information content (AvgIpc) is 2.51. The lowest BCUT2D eigenvalue weighted by atomic mass is 9.82. The molecule has 2 N–H and O–H groups in total. The van der Waals surface area contributed by atoms with Crippen molar-refractivity contribution in [1.29, 1.82) is 0 Å². The molecule has 1 aromatic rings. The van der Waals surface area contributed by atoms with Crippen LogP contribution in [-0.2, 0) is 9.53 Å². The Kier molecular flexibility index (Phi) is 5.98. The minimum atomic E-state index is -0.0498. The predicted molar refractivity (Wildman–Crippen MR) is 88.6 cm³/mol. The second-order valence-corrected chi connectivity index (χ2v) is 7.04. The van der Waals surface area contributed by atoms with E-state index in [0.717, 1.165) is 31.5 Å². The topological polar surface area (TPSA) is 50.4 Å². The smallest absolute Gasteiger partial charge is 0.246 e. The van der Waals surface area contributed by atoms with Crippen molar-refractivity contribution in [1.82, 2.24) is 10.6 Å². The highest BCUT2D eigenvalue weighted by atomic mass is 16.5. The number of carbonyl (C=O) groups excluding carboxylic acids is 1. The maximum Gasteiger partial charge on any atom is 0.246 e. The number of rotatable bonds is 5. The van der Waals surface area contributed by atoms with E-state index in [2.05, 4.69) is 43.5 Å². The normalized spacial score (nSPS) is 18.0. The zero-order valence-electron chi connectivity index (χ0n) is 13.9. The van der Waals surface area contributed by atoms with Crippen LogP contribution in [0.15, 0.2) is 30.3 Å². The van der Waals surface area contributed by atoms with Gasteiger partial charge < -0.3 is 15.4 Å². The van der Waals surface area contributed by atoms with Gasteiger partial charge in [-0.2, -0.15) is 0 Å². The lowest BCUT2D eigenvalue weighted by Gasteiger charge is -2.32. The Hall–Kier alpha value is -1.39. The third-order valence-corrected chi connectivity index (χ3v) is 4.04. The SMILES string of the molecule is CC(C)(C)C(NC(=O)COC1CCNCC1)c1ccccc1. The summed E-state index contributed by atoms with van der Waals surface area (Å²) in [5.41, 5.74) is 1.08. The van der Waals surface area contributed by atoms with Crippen molar-refractivity contribution in [2.45, 2.75) is 45.8 Å². The molecule has 4 nitrogen and oxygen atoms in total. The maximum atomic E-state index is 12.3. The van der Waals surface area contributed by atoms with Crippen molar-refractivity contribution in [2.75, 3.05) is 19.7 Å². The number of hydrogen-bond donors (Lipinski definition) is 2. The minimum absolute atomic E-state index is 0.0159. The predicted octanol–water partition coefficient (Wildman–Crippen LogP) is 2.66. The number of carbonyl (C=O) groups is 1. The molecule has 1 amide bonds. The molecule has 1 aliphatic rings. The second kappa shape index (κ2) is 7.75. The molecule has 0 radical (unpaired) electrons. The Labute approximate surface area is 133 Å². The van der Waals surface area contributed by atoms with Crippen molar-refractivity contribution >= 4 is 5.91 Å². The third-order valence-electron chi connectivity index (χ3n) is 4.04. The number of ether oxygens (including phenoxy) is 1. The summed E-state index contributed by atoms with van der Waals surface area (Å²) in [6.07, 6.45) is 2.17. The van der Waals surface area contributed by atoms with Crippen molar-refractivity contribution in [3.05, 3.63) is 35.9 Å². The van der Waals surface area contributed by atoms with Crippen molar-refractivity contribution in [3.8, 4) is 0 Å². The molecule has 1 atom stereocenters. The Morgan fingerprint density at radius 1 is 1.27 bits per heavy atom. The van der Waals surface area contributed by atoms with Crippen LogP contribution in [0.25, 0.3) is 0 Å². The number of hydrogen-bond acceptors (Lipinski definition) is 3. The van der Waals surface area contributed by atoms with Crippen LogP contribution in [0.3, 0.4) is 0 Å². The minimum Gasteiger partial charge on any atom is -0.368 e. The molecule has 0 saturated carbocycles. The molecule has 2 rings (SSSR count). The molecular weight excluding hydrogens is 276 g/mol. The Balaban J connectivity index is 1.91. The van der Waals surface area contributed by atoms with Crippen molar-refractivity contribution in [3.63, 3.8) is 0 Å². The van der Waals surface area contributed by atoms with E-state index in [4.69, 9.17) is 4.74 Å². The molecule has 1 aromatic carbocycles. The molecule has 122 valence electrons. The molecule has 1 heterocycles. The van der Waals surface area contributed by atoms with Crippen LogP contribution < -0.4 is 10.6 Å². The van der Waals surface area contributed by atoms with Crippen LogP contribution in [0, 0.1) is 5.41 Å². The van der Waals surface area contributed by atoms with Crippen LogP contribution in [0.4, 0.5) is 0 Å². The van der Waals surface area contributed by atoms with Gasteiger partial charge in [-0.15, -0.1) is 0 Å². The molecule has 1 saturated heterocycles. The molecular formula is C18H28N2O2. The Morgan fingerprint density at radius 3 is 2.50 bits per heavy atom. The molecule has 0 bridgehead atoms. The van der Waals surface area contributed by atoms with Crippen LogP contribution >= 0.6 is 0 Å². The molecule has 4 heteroatoms.